The third kappa shape index (κ3) is 5.88. The van der Waals surface area contributed by atoms with Gasteiger partial charge in [0, 0.05) is 17.8 Å². The molecular formula is C12H19NO2S. The average molecular weight is 241 g/mol. The summed E-state index contributed by atoms with van der Waals surface area (Å²) < 4.78 is 0. The van der Waals surface area contributed by atoms with Crippen molar-refractivity contribution in [3.8, 4) is 0 Å². The summed E-state index contributed by atoms with van der Waals surface area (Å²) in [7, 11) is 0. The Morgan fingerprint density at radius 2 is 2.25 bits per heavy atom. The van der Waals surface area contributed by atoms with E-state index in [1.807, 2.05) is 0 Å². The Labute approximate surface area is 100 Å². The van der Waals surface area contributed by atoms with Crippen molar-refractivity contribution in [1.29, 1.82) is 0 Å². The number of carbonyl (C=O) groups excluding carboxylic acids is 1. The first-order valence-corrected chi connectivity index (χ1v) is 6.61. The van der Waals surface area contributed by atoms with Crippen LogP contribution in [0.5, 0.6) is 0 Å². The summed E-state index contributed by atoms with van der Waals surface area (Å²) in [6, 6.07) is 4.22. The van der Waals surface area contributed by atoms with Crippen molar-refractivity contribution in [2.45, 2.75) is 32.1 Å². The molecule has 0 aliphatic rings. The minimum absolute atomic E-state index is 0.0180. The van der Waals surface area contributed by atoms with Crippen LogP contribution in [0.1, 0.15) is 30.6 Å². The molecule has 0 aromatic carbocycles. The summed E-state index contributed by atoms with van der Waals surface area (Å²) in [5.41, 5.74) is 0. The molecular weight excluding hydrogens is 222 g/mol. The summed E-state index contributed by atoms with van der Waals surface area (Å²) >= 11 is 1.79. The van der Waals surface area contributed by atoms with Crippen LogP contribution in [-0.2, 0) is 11.2 Å². The first kappa shape index (κ1) is 13.2. The van der Waals surface area contributed by atoms with Crippen LogP contribution in [0.25, 0.3) is 0 Å². The standard InChI is InChI=1S/C12H19NO2S/c14-9-8-13-12(15)7-3-1-2-5-11-6-4-10-16-11/h4,6,10,14H,1-3,5,7-9H2,(H,13,15). The summed E-state index contributed by atoms with van der Waals surface area (Å²) in [6.45, 7) is 0.387. The van der Waals surface area contributed by atoms with E-state index in [0.29, 0.717) is 13.0 Å². The molecule has 4 heteroatoms. The largest absolute Gasteiger partial charge is 0.395 e. The summed E-state index contributed by atoms with van der Waals surface area (Å²) in [4.78, 5) is 12.6. The van der Waals surface area contributed by atoms with Crippen LogP contribution in [0.15, 0.2) is 17.5 Å². The van der Waals surface area contributed by atoms with E-state index < -0.39 is 0 Å². The number of aryl methyl sites for hydroxylation is 1. The molecule has 0 aliphatic carbocycles. The molecule has 0 radical (unpaired) electrons. The van der Waals surface area contributed by atoms with Gasteiger partial charge in [-0.3, -0.25) is 4.79 Å². The van der Waals surface area contributed by atoms with Crippen molar-refractivity contribution in [3.63, 3.8) is 0 Å². The molecule has 0 saturated heterocycles. The van der Waals surface area contributed by atoms with Crippen molar-refractivity contribution in [2.75, 3.05) is 13.2 Å². The number of aliphatic hydroxyl groups excluding tert-OH is 1. The van der Waals surface area contributed by atoms with Crippen molar-refractivity contribution in [1.82, 2.24) is 5.32 Å². The Morgan fingerprint density at radius 3 is 2.94 bits per heavy atom. The molecule has 1 amide bonds. The maximum Gasteiger partial charge on any atom is 0.220 e. The van der Waals surface area contributed by atoms with Crippen LogP contribution < -0.4 is 5.32 Å². The van der Waals surface area contributed by atoms with E-state index >= 15 is 0 Å². The predicted molar refractivity (Wildman–Crippen MR) is 66.6 cm³/mol. The zero-order chi connectivity index (χ0) is 11.6. The van der Waals surface area contributed by atoms with E-state index in [0.717, 1.165) is 25.7 Å². The highest BCUT2D eigenvalue weighted by molar-refractivity contribution is 7.09. The van der Waals surface area contributed by atoms with Crippen LogP contribution in [0.2, 0.25) is 0 Å². The van der Waals surface area contributed by atoms with Crippen LogP contribution >= 0.6 is 11.3 Å². The van der Waals surface area contributed by atoms with Gasteiger partial charge in [-0.1, -0.05) is 12.5 Å². The van der Waals surface area contributed by atoms with Gasteiger partial charge in [-0.05, 0) is 30.7 Å². The number of amides is 1. The number of rotatable bonds is 8. The van der Waals surface area contributed by atoms with E-state index in [4.69, 9.17) is 5.11 Å². The number of carbonyl (C=O) groups is 1. The SMILES string of the molecule is O=C(CCCCCc1cccs1)NCCO. The number of hydrogen-bond acceptors (Lipinski definition) is 3. The molecule has 0 spiro atoms. The van der Waals surface area contributed by atoms with Crippen LogP contribution in [0.4, 0.5) is 0 Å². The highest BCUT2D eigenvalue weighted by Gasteiger charge is 2.00. The van der Waals surface area contributed by atoms with E-state index in [1.165, 1.54) is 4.88 Å². The number of aliphatic hydroxyl groups is 1. The van der Waals surface area contributed by atoms with Gasteiger partial charge in [0.1, 0.15) is 0 Å². The van der Waals surface area contributed by atoms with Gasteiger partial charge in [-0.25, -0.2) is 0 Å². The number of thiophene rings is 1. The second-order valence-corrected chi connectivity index (χ2v) is 4.75. The third-order valence-corrected chi connectivity index (χ3v) is 3.28. The lowest BCUT2D eigenvalue weighted by molar-refractivity contribution is -0.121. The number of unbranched alkanes of at least 4 members (excludes halogenated alkanes) is 2. The molecule has 90 valence electrons. The highest BCUT2D eigenvalue weighted by Crippen LogP contribution is 2.13. The van der Waals surface area contributed by atoms with E-state index in [2.05, 4.69) is 22.8 Å². The second-order valence-electron chi connectivity index (χ2n) is 3.71. The molecule has 2 N–H and O–H groups in total. The quantitative estimate of drug-likeness (QED) is 0.684. The van der Waals surface area contributed by atoms with Gasteiger partial charge in [0.15, 0.2) is 0 Å². The molecule has 0 bridgehead atoms. The van der Waals surface area contributed by atoms with Crippen LogP contribution in [0, 0.1) is 0 Å². The van der Waals surface area contributed by atoms with Crippen molar-refractivity contribution >= 4 is 17.2 Å². The van der Waals surface area contributed by atoms with Gasteiger partial charge in [-0.15, -0.1) is 11.3 Å². The molecule has 0 atom stereocenters. The lowest BCUT2D eigenvalue weighted by atomic mass is 10.1. The second kappa shape index (κ2) is 8.30. The maximum absolute atomic E-state index is 11.2. The predicted octanol–water partition coefficient (Wildman–Crippen LogP) is 1.96. The van der Waals surface area contributed by atoms with Gasteiger partial charge in [0.2, 0.25) is 5.91 Å². The normalized spacial score (nSPS) is 10.3. The maximum atomic E-state index is 11.2. The van der Waals surface area contributed by atoms with Crippen molar-refractivity contribution in [3.05, 3.63) is 22.4 Å². The average Bonchev–Trinajstić information content (AvgIpc) is 2.79. The Morgan fingerprint density at radius 1 is 1.38 bits per heavy atom. The Bertz CT molecular complexity index is 285. The molecule has 1 aromatic rings. The summed E-state index contributed by atoms with van der Waals surface area (Å²) in [5, 5.41) is 13.3. The van der Waals surface area contributed by atoms with Gasteiger partial charge >= 0.3 is 0 Å². The monoisotopic (exact) mass is 241 g/mol. The molecule has 3 nitrogen and oxygen atoms in total. The zero-order valence-electron chi connectivity index (χ0n) is 9.45. The lowest BCUT2D eigenvalue weighted by Crippen LogP contribution is -2.25. The fraction of sp³-hybridized carbons (Fsp3) is 0.583. The van der Waals surface area contributed by atoms with Crippen LogP contribution in [0.3, 0.4) is 0 Å². The Hall–Kier alpha value is -0.870. The first-order valence-electron chi connectivity index (χ1n) is 5.73. The molecule has 0 aliphatic heterocycles. The molecule has 0 fully saturated rings. The van der Waals surface area contributed by atoms with Crippen LogP contribution in [-0.4, -0.2) is 24.2 Å². The van der Waals surface area contributed by atoms with Gasteiger partial charge in [0.05, 0.1) is 6.61 Å². The molecule has 0 unspecified atom stereocenters. The fourth-order valence-corrected chi connectivity index (χ4v) is 2.25. The van der Waals surface area contributed by atoms with Gasteiger partial charge < -0.3 is 10.4 Å². The lowest BCUT2D eigenvalue weighted by Gasteiger charge is -2.02. The van der Waals surface area contributed by atoms with Crippen molar-refractivity contribution < 1.29 is 9.90 Å². The number of nitrogens with one attached hydrogen (secondary N) is 1. The summed E-state index contributed by atoms with van der Waals surface area (Å²) in [5.74, 6) is 0.0465. The zero-order valence-corrected chi connectivity index (χ0v) is 10.3. The molecule has 1 heterocycles. The Balaban J connectivity index is 1.93. The molecule has 1 rings (SSSR count). The van der Waals surface area contributed by atoms with E-state index in [-0.39, 0.29) is 12.5 Å². The smallest absolute Gasteiger partial charge is 0.220 e. The first-order chi connectivity index (χ1) is 7.83. The number of hydrogen-bond donors (Lipinski definition) is 2. The van der Waals surface area contributed by atoms with E-state index in [1.54, 1.807) is 11.3 Å². The molecule has 0 saturated carbocycles. The molecule has 1 aromatic heterocycles. The topological polar surface area (TPSA) is 49.3 Å². The Kier molecular flexibility index (Phi) is 6.85. The third-order valence-electron chi connectivity index (χ3n) is 2.34. The van der Waals surface area contributed by atoms with Gasteiger partial charge in [-0.2, -0.15) is 0 Å². The van der Waals surface area contributed by atoms with Crippen molar-refractivity contribution in [2.24, 2.45) is 0 Å². The van der Waals surface area contributed by atoms with E-state index in [9.17, 15) is 4.79 Å². The molecule has 16 heavy (non-hydrogen) atoms. The summed E-state index contributed by atoms with van der Waals surface area (Å²) in [6.07, 6.45) is 4.86. The fourth-order valence-electron chi connectivity index (χ4n) is 1.50. The van der Waals surface area contributed by atoms with Gasteiger partial charge in [0.25, 0.3) is 0 Å². The minimum atomic E-state index is 0.0180. The minimum Gasteiger partial charge on any atom is -0.395 e. The highest BCUT2D eigenvalue weighted by atomic mass is 32.1.